The highest BCUT2D eigenvalue weighted by atomic mass is 16.3. The van der Waals surface area contributed by atoms with Gasteiger partial charge >= 0.3 is 0 Å². The Hall–Kier alpha value is -1.20. The van der Waals surface area contributed by atoms with Gasteiger partial charge in [0.2, 0.25) is 0 Å². The fourth-order valence-electron chi connectivity index (χ4n) is 2.45. The molecule has 1 unspecified atom stereocenters. The molecule has 2 rings (SSSR count). The summed E-state index contributed by atoms with van der Waals surface area (Å²) in [5.41, 5.74) is 1.03. The van der Waals surface area contributed by atoms with Gasteiger partial charge in [0, 0.05) is 33.0 Å². The monoisotopic (exact) mass is 236 g/mol. The van der Waals surface area contributed by atoms with Gasteiger partial charge in [-0.05, 0) is 19.4 Å². The van der Waals surface area contributed by atoms with Crippen molar-refractivity contribution >= 4 is 5.82 Å². The second-order valence-corrected chi connectivity index (χ2v) is 4.58. The Morgan fingerprint density at radius 1 is 1.41 bits per heavy atom. The summed E-state index contributed by atoms with van der Waals surface area (Å²) in [7, 11) is 3.97. The first-order valence-electron chi connectivity index (χ1n) is 6.07. The lowest BCUT2D eigenvalue weighted by molar-refractivity contribution is 0.183. The third-order valence-electron chi connectivity index (χ3n) is 3.20. The molecule has 1 fully saturated rings. The zero-order valence-corrected chi connectivity index (χ0v) is 10.5. The fourth-order valence-corrected chi connectivity index (χ4v) is 2.45. The second-order valence-electron chi connectivity index (χ2n) is 4.58. The van der Waals surface area contributed by atoms with Gasteiger partial charge in [-0.3, -0.25) is 9.88 Å². The number of aliphatic hydroxyl groups is 1. The number of likely N-dealkylation sites (tertiary alicyclic amines) is 1. The molecule has 1 aromatic rings. The lowest BCUT2D eigenvalue weighted by Crippen LogP contribution is -2.28. The van der Waals surface area contributed by atoms with Crippen molar-refractivity contribution < 1.29 is 5.11 Å². The molecule has 0 bridgehead atoms. The highest BCUT2D eigenvalue weighted by Crippen LogP contribution is 2.33. The number of nitrogens with zero attached hydrogens (tertiary/aromatic N) is 4. The summed E-state index contributed by atoms with van der Waals surface area (Å²) in [5.74, 6) is 0.933. The van der Waals surface area contributed by atoms with Gasteiger partial charge in [0.25, 0.3) is 0 Å². The van der Waals surface area contributed by atoms with E-state index in [1.54, 1.807) is 12.4 Å². The molecule has 1 aliphatic heterocycles. The van der Waals surface area contributed by atoms with Gasteiger partial charge < -0.3 is 10.0 Å². The maximum absolute atomic E-state index is 9.08. The van der Waals surface area contributed by atoms with Crippen LogP contribution in [0.5, 0.6) is 0 Å². The molecule has 0 amide bonds. The molecule has 1 saturated heterocycles. The van der Waals surface area contributed by atoms with Crippen LogP contribution in [0.3, 0.4) is 0 Å². The van der Waals surface area contributed by atoms with E-state index in [2.05, 4.69) is 14.9 Å². The van der Waals surface area contributed by atoms with Gasteiger partial charge in [-0.25, -0.2) is 4.98 Å². The van der Waals surface area contributed by atoms with E-state index in [1.807, 2.05) is 19.0 Å². The molecule has 0 aliphatic carbocycles. The first-order chi connectivity index (χ1) is 8.24. The second kappa shape index (κ2) is 5.42. The number of hydrogen-bond donors (Lipinski definition) is 1. The van der Waals surface area contributed by atoms with Crippen molar-refractivity contribution in [3.8, 4) is 0 Å². The molecule has 1 N–H and O–H groups in total. The summed E-state index contributed by atoms with van der Waals surface area (Å²) in [6, 6.07) is 0.299. The third kappa shape index (κ3) is 2.56. The van der Waals surface area contributed by atoms with Crippen molar-refractivity contribution in [2.75, 3.05) is 38.7 Å². The maximum Gasteiger partial charge on any atom is 0.151 e. The molecule has 0 saturated carbocycles. The van der Waals surface area contributed by atoms with Gasteiger partial charge in [0.15, 0.2) is 5.82 Å². The molecule has 0 spiro atoms. The quantitative estimate of drug-likeness (QED) is 0.833. The molecule has 1 aliphatic rings. The van der Waals surface area contributed by atoms with Gasteiger partial charge in [0.1, 0.15) is 0 Å². The van der Waals surface area contributed by atoms with E-state index in [0.717, 1.165) is 30.9 Å². The maximum atomic E-state index is 9.08. The number of anilines is 1. The Labute approximate surface area is 102 Å². The number of aromatic nitrogens is 2. The Bertz CT molecular complexity index is 369. The minimum Gasteiger partial charge on any atom is -0.395 e. The molecule has 5 nitrogen and oxygen atoms in total. The van der Waals surface area contributed by atoms with Crippen LogP contribution in [0.25, 0.3) is 0 Å². The highest BCUT2D eigenvalue weighted by Gasteiger charge is 2.29. The molecule has 5 heteroatoms. The average Bonchev–Trinajstić information content (AvgIpc) is 2.77. The minimum absolute atomic E-state index is 0.202. The van der Waals surface area contributed by atoms with Gasteiger partial charge in [-0.1, -0.05) is 0 Å². The molecule has 0 radical (unpaired) electrons. The summed E-state index contributed by atoms with van der Waals surface area (Å²) >= 11 is 0. The Balaban J connectivity index is 2.26. The summed E-state index contributed by atoms with van der Waals surface area (Å²) in [6.07, 6.45) is 5.73. The van der Waals surface area contributed by atoms with E-state index in [0.29, 0.717) is 12.6 Å². The van der Waals surface area contributed by atoms with Crippen LogP contribution in [-0.2, 0) is 0 Å². The predicted octanol–water partition coefficient (Wildman–Crippen LogP) is 0.672. The summed E-state index contributed by atoms with van der Waals surface area (Å²) in [6.45, 7) is 1.96. The van der Waals surface area contributed by atoms with Crippen molar-refractivity contribution in [3.63, 3.8) is 0 Å². The van der Waals surface area contributed by atoms with Crippen LogP contribution in [0, 0.1) is 0 Å². The van der Waals surface area contributed by atoms with E-state index in [9.17, 15) is 0 Å². The Morgan fingerprint density at radius 2 is 2.18 bits per heavy atom. The molecular formula is C12H20N4O. The average molecular weight is 236 g/mol. The zero-order chi connectivity index (χ0) is 12.3. The fraction of sp³-hybridized carbons (Fsp3) is 0.667. The zero-order valence-electron chi connectivity index (χ0n) is 10.5. The smallest absolute Gasteiger partial charge is 0.151 e. The van der Waals surface area contributed by atoms with Gasteiger partial charge in [-0.2, -0.15) is 0 Å². The summed E-state index contributed by atoms with van der Waals surface area (Å²) in [4.78, 5) is 13.2. The van der Waals surface area contributed by atoms with Crippen molar-refractivity contribution in [1.82, 2.24) is 14.9 Å². The van der Waals surface area contributed by atoms with Crippen molar-refractivity contribution in [3.05, 3.63) is 18.1 Å². The van der Waals surface area contributed by atoms with Crippen LogP contribution in [0.4, 0.5) is 5.82 Å². The molecule has 1 atom stereocenters. The highest BCUT2D eigenvalue weighted by molar-refractivity contribution is 5.43. The summed E-state index contributed by atoms with van der Waals surface area (Å²) in [5, 5.41) is 9.08. The van der Waals surface area contributed by atoms with Gasteiger partial charge in [-0.15, -0.1) is 0 Å². The third-order valence-corrected chi connectivity index (χ3v) is 3.20. The molecule has 17 heavy (non-hydrogen) atoms. The molecule has 2 heterocycles. The van der Waals surface area contributed by atoms with E-state index in [4.69, 9.17) is 5.11 Å². The van der Waals surface area contributed by atoms with Crippen molar-refractivity contribution in [2.45, 2.75) is 18.9 Å². The molecule has 94 valence electrons. The number of β-amino-alcohol motifs (C(OH)–C–C–N with tert-alkyl or cyclic N) is 1. The standard InChI is InChI=1S/C12H20N4O/c1-15(2)12-11(13-5-6-14-12)10-4-3-7-16(10)8-9-17/h5-6,10,17H,3-4,7-9H2,1-2H3. The number of aliphatic hydroxyl groups excluding tert-OH is 1. The lowest BCUT2D eigenvalue weighted by Gasteiger charge is -2.25. The predicted molar refractivity (Wildman–Crippen MR) is 67.0 cm³/mol. The van der Waals surface area contributed by atoms with E-state index >= 15 is 0 Å². The minimum atomic E-state index is 0.202. The van der Waals surface area contributed by atoms with Crippen LogP contribution in [0.2, 0.25) is 0 Å². The van der Waals surface area contributed by atoms with Crippen LogP contribution >= 0.6 is 0 Å². The SMILES string of the molecule is CN(C)c1nccnc1C1CCCN1CCO. The van der Waals surface area contributed by atoms with Crippen molar-refractivity contribution in [2.24, 2.45) is 0 Å². The molecular weight excluding hydrogens is 216 g/mol. The normalized spacial score (nSPS) is 20.8. The van der Waals surface area contributed by atoms with Gasteiger partial charge in [0.05, 0.1) is 18.3 Å². The Morgan fingerprint density at radius 3 is 2.88 bits per heavy atom. The molecule has 1 aromatic heterocycles. The van der Waals surface area contributed by atoms with Crippen molar-refractivity contribution in [1.29, 1.82) is 0 Å². The number of rotatable bonds is 4. The van der Waals surface area contributed by atoms with Crippen LogP contribution in [-0.4, -0.2) is 53.8 Å². The number of hydrogen-bond acceptors (Lipinski definition) is 5. The lowest BCUT2D eigenvalue weighted by atomic mass is 10.1. The van der Waals surface area contributed by atoms with Crippen LogP contribution in [0.15, 0.2) is 12.4 Å². The largest absolute Gasteiger partial charge is 0.395 e. The van der Waals surface area contributed by atoms with Crippen LogP contribution in [0.1, 0.15) is 24.6 Å². The van der Waals surface area contributed by atoms with E-state index in [1.165, 1.54) is 0 Å². The topological polar surface area (TPSA) is 52.5 Å². The summed E-state index contributed by atoms with van der Waals surface area (Å²) < 4.78 is 0. The van der Waals surface area contributed by atoms with Crippen LogP contribution < -0.4 is 4.90 Å². The first-order valence-corrected chi connectivity index (χ1v) is 6.07. The van der Waals surface area contributed by atoms with E-state index < -0.39 is 0 Å². The molecule has 0 aromatic carbocycles. The first kappa shape index (κ1) is 12.3. The Kier molecular flexibility index (Phi) is 3.91. The van der Waals surface area contributed by atoms with E-state index in [-0.39, 0.29) is 6.61 Å².